The molecular weight excluding hydrogens is 389 g/mol. The minimum atomic E-state index is -1.04. The van der Waals surface area contributed by atoms with Crippen LogP contribution in [0.25, 0.3) is 0 Å². The van der Waals surface area contributed by atoms with Gasteiger partial charge in [-0.05, 0) is 29.8 Å². The second kappa shape index (κ2) is 8.49. The predicted octanol–water partition coefficient (Wildman–Crippen LogP) is 2.72. The van der Waals surface area contributed by atoms with E-state index in [9.17, 15) is 19.2 Å². The lowest BCUT2D eigenvalue weighted by atomic mass is 9.81. The third-order valence-corrected chi connectivity index (χ3v) is 4.70. The number of para-hydroxylation sites is 1. The third-order valence-electron chi connectivity index (χ3n) is 4.70. The topological polar surface area (TPSA) is 106 Å². The average molecular weight is 407 g/mol. The molecule has 1 aliphatic rings. The number of benzene rings is 2. The van der Waals surface area contributed by atoms with Crippen LogP contribution in [0.2, 0.25) is 0 Å². The quantitative estimate of drug-likeness (QED) is 0.777. The first-order valence-electron chi connectivity index (χ1n) is 8.85. The molecule has 1 unspecified atom stereocenters. The van der Waals surface area contributed by atoms with Crippen molar-refractivity contribution in [2.75, 3.05) is 19.1 Å². The predicted molar refractivity (Wildman–Crippen MR) is 106 cm³/mol. The first-order valence-corrected chi connectivity index (χ1v) is 8.85. The van der Waals surface area contributed by atoms with E-state index in [-0.39, 0.29) is 22.7 Å². The largest absolute Gasteiger partial charge is 0.466 e. The summed E-state index contributed by atoms with van der Waals surface area (Å²) in [6, 6.07) is 15.8. The maximum absolute atomic E-state index is 13.5. The molecule has 1 atom stereocenters. The summed E-state index contributed by atoms with van der Waals surface area (Å²) in [5.41, 5.74) is 6.86. The van der Waals surface area contributed by atoms with Gasteiger partial charge in [-0.25, -0.2) is 14.0 Å². The van der Waals surface area contributed by atoms with Gasteiger partial charge in [0.2, 0.25) is 0 Å². The van der Waals surface area contributed by atoms with Gasteiger partial charge in [0.25, 0.3) is 0 Å². The molecule has 0 saturated carbocycles. The smallest absolute Gasteiger partial charge is 0.355 e. The Morgan fingerprint density at radius 2 is 1.63 bits per heavy atom. The molecule has 0 aromatic heterocycles. The Morgan fingerprint density at radius 3 is 2.17 bits per heavy atom. The molecule has 0 bridgehead atoms. The van der Waals surface area contributed by atoms with E-state index in [1.807, 2.05) is 6.07 Å². The molecule has 0 amide bonds. The van der Waals surface area contributed by atoms with E-state index in [1.54, 1.807) is 30.3 Å². The van der Waals surface area contributed by atoms with E-state index >= 15 is 0 Å². The Labute approximate surface area is 172 Å². The molecule has 0 fully saturated rings. The molecule has 0 spiro atoms. The Hall–Kier alpha value is -4.12. The standard InChI is InChI=1S/C22H18FN3O4/c1-29-21(27)18-17(13-8-10-14(23)11-9-13)16(12-24)20(25)26(19(18)22(28)30-2)15-6-4-3-5-7-15/h3-11,17H,25H2,1-2H3. The molecule has 2 aromatic carbocycles. The summed E-state index contributed by atoms with van der Waals surface area (Å²) in [4.78, 5) is 26.9. The normalized spacial score (nSPS) is 16.2. The average Bonchev–Trinajstić information content (AvgIpc) is 2.78. The number of hydrogen-bond acceptors (Lipinski definition) is 7. The zero-order valence-electron chi connectivity index (χ0n) is 16.3. The maximum atomic E-state index is 13.5. The number of carbonyl (C=O) groups is 2. The minimum Gasteiger partial charge on any atom is -0.466 e. The molecule has 8 heteroatoms. The Morgan fingerprint density at radius 1 is 1.03 bits per heavy atom. The highest BCUT2D eigenvalue weighted by Crippen LogP contribution is 2.43. The second-order valence-electron chi connectivity index (χ2n) is 6.31. The van der Waals surface area contributed by atoms with E-state index in [0.29, 0.717) is 11.3 Å². The zero-order valence-corrected chi connectivity index (χ0v) is 16.3. The maximum Gasteiger partial charge on any atom is 0.355 e. The summed E-state index contributed by atoms with van der Waals surface area (Å²) in [7, 11) is 2.33. The fraction of sp³-hybridized carbons (Fsp3) is 0.136. The molecule has 30 heavy (non-hydrogen) atoms. The van der Waals surface area contributed by atoms with Crippen LogP contribution < -0.4 is 10.6 Å². The zero-order chi connectivity index (χ0) is 21.8. The number of allylic oxidation sites excluding steroid dienone is 1. The molecule has 2 N–H and O–H groups in total. The van der Waals surface area contributed by atoms with Gasteiger partial charge in [0.1, 0.15) is 17.3 Å². The molecule has 2 aromatic rings. The van der Waals surface area contributed by atoms with Gasteiger partial charge in [-0.1, -0.05) is 30.3 Å². The van der Waals surface area contributed by atoms with Crippen molar-refractivity contribution in [3.63, 3.8) is 0 Å². The van der Waals surface area contributed by atoms with Crippen LogP contribution in [0.4, 0.5) is 10.1 Å². The van der Waals surface area contributed by atoms with Crippen molar-refractivity contribution in [2.24, 2.45) is 5.73 Å². The van der Waals surface area contributed by atoms with E-state index < -0.39 is 23.7 Å². The molecule has 3 rings (SSSR count). The van der Waals surface area contributed by atoms with Gasteiger partial charge in [-0.2, -0.15) is 5.26 Å². The molecule has 152 valence electrons. The van der Waals surface area contributed by atoms with Crippen LogP contribution in [0.15, 0.2) is 77.3 Å². The fourth-order valence-electron chi connectivity index (χ4n) is 3.37. The van der Waals surface area contributed by atoms with Crippen molar-refractivity contribution in [1.82, 2.24) is 0 Å². The van der Waals surface area contributed by atoms with Gasteiger partial charge in [0.05, 0.1) is 37.4 Å². The number of hydrogen-bond donors (Lipinski definition) is 1. The van der Waals surface area contributed by atoms with Gasteiger partial charge < -0.3 is 15.2 Å². The highest BCUT2D eigenvalue weighted by atomic mass is 19.1. The van der Waals surface area contributed by atoms with Crippen LogP contribution in [0.3, 0.4) is 0 Å². The molecule has 1 aliphatic heterocycles. The van der Waals surface area contributed by atoms with Gasteiger partial charge in [-0.3, -0.25) is 4.90 Å². The number of esters is 2. The number of anilines is 1. The second-order valence-corrected chi connectivity index (χ2v) is 6.31. The molecule has 0 aliphatic carbocycles. The van der Waals surface area contributed by atoms with Crippen molar-refractivity contribution < 1.29 is 23.5 Å². The van der Waals surface area contributed by atoms with E-state index in [0.717, 1.165) is 7.11 Å². The third kappa shape index (κ3) is 3.49. The number of halogens is 1. The minimum absolute atomic E-state index is 0.0125. The van der Waals surface area contributed by atoms with Crippen molar-refractivity contribution in [3.05, 3.63) is 88.6 Å². The van der Waals surface area contributed by atoms with Crippen LogP contribution >= 0.6 is 0 Å². The number of ether oxygens (including phenoxy) is 2. The highest BCUT2D eigenvalue weighted by molar-refractivity contribution is 6.06. The molecular formula is C22H18FN3O4. The lowest BCUT2D eigenvalue weighted by Gasteiger charge is -2.35. The van der Waals surface area contributed by atoms with E-state index in [1.165, 1.54) is 36.3 Å². The number of methoxy groups -OCH3 is 2. The van der Waals surface area contributed by atoms with Crippen LogP contribution in [-0.4, -0.2) is 26.2 Å². The Bertz CT molecular complexity index is 1090. The summed E-state index contributed by atoms with van der Waals surface area (Å²) in [6.45, 7) is 0. The van der Waals surface area contributed by atoms with E-state index in [2.05, 4.69) is 0 Å². The summed E-state index contributed by atoms with van der Waals surface area (Å²) < 4.78 is 23.3. The summed E-state index contributed by atoms with van der Waals surface area (Å²) in [6.07, 6.45) is 0. The van der Waals surface area contributed by atoms with Crippen molar-refractivity contribution >= 4 is 17.6 Å². The van der Waals surface area contributed by atoms with Crippen LogP contribution in [0.1, 0.15) is 11.5 Å². The lowest BCUT2D eigenvalue weighted by molar-refractivity contribution is -0.139. The number of nitrogens with two attached hydrogens (primary N) is 1. The van der Waals surface area contributed by atoms with Crippen molar-refractivity contribution in [2.45, 2.75) is 5.92 Å². The SMILES string of the molecule is COC(=O)C1=C(C(=O)OC)N(c2ccccc2)C(N)=C(C#N)C1c1ccc(F)cc1. The Balaban J connectivity index is 2.39. The number of carbonyl (C=O) groups excluding carboxylic acids is 2. The monoisotopic (exact) mass is 407 g/mol. The molecule has 1 heterocycles. The number of nitriles is 1. The highest BCUT2D eigenvalue weighted by Gasteiger charge is 2.42. The molecule has 0 radical (unpaired) electrons. The van der Waals surface area contributed by atoms with Gasteiger partial charge in [0.15, 0.2) is 0 Å². The molecule has 7 nitrogen and oxygen atoms in total. The van der Waals surface area contributed by atoms with Gasteiger partial charge in [0, 0.05) is 5.69 Å². The lowest BCUT2D eigenvalue weighted by Crippen LogP contribution is -2.40. The number of nitrogens with zero attached hydrogens (tertiary/aromatic N) is 2. The van der Waals surface area contributed by atoms with E-state index in [4.69, 9.17) is 15.2 Å². The van der Waals surface area contributed by atoms with Crippen LogP contribution in [0, 0.1) is 17.1 Å². The van der Waals surface area contributed by atoms with Crippen molar-refractivity contribution in [3.8, 4) is 6.07 Å². The Kier molecular flexibility index (Phi) is 5.83. The first-order chi connectivity index (χ1) is 14.4. The van der Waals surface area contributed by atoms with Crippen LogP contribution in [0.5, 0.6) is 0 Å². The molecule has 0 saturated heterocycles. The van der Waals surface area contributed by atoms with Crippen LogP contribution in [-0.2, 0) is 19.1 Å². The fourth-order valence-corrected chi connectivity index (χ4v) is 3.37. The summed E-state index contributed by atoms with van der Waals surface area (Å²) in [5.74, 6) is -3.27. The van der Waals surface area contributed by atoms with Gasteiger partial charge >= 0.3 is 11.9 Å². The van der Waals surface area contributed by atoms with Crippen molar-refractivity contribution in [1.29, 1.82) is 5.26 Å². The number of rotatable bonds is 4. The summed E-state index contributed by atoms with van der Waals surface area (Å²) in [5, 5.41) is 9.89. The van der Waals surface area contributed by atoms with Gasteiger partial charge in [-0.15, -0.1) is 0 Å². The first kappa shape index (κ1) is 20.6. The summed E-state index contributed by atoms with van der Waals surface area (Å²) >= 11 is 0.